The highest BCUT2D eigenvalue weighted by Crippen LogP contribution is 2.35. The van der Waals surface area contributed by atoms with Crippen molar-refractivity contribution in [2.75, 3.05) is 0 Å². The van der Waals surface area contributed by atoms with Crippen molar-refractivity contribution in [3.05, 3.63) is 56.7 Å². The molecule has 4 rings (SSSR count). The van der Waals surface area contributed by atoms with E-state index in [4.69, 9.17) is 4.98 Å². The molecule has 0 aliphatic heterocycles. The van der Waals surface area contributed by atoms with Gasteiger partial charge in [-0.2, -0.15) is 0 Å². The van der Waals surface area contributed by atoms with Gasteiger partial charge in [0, 0.05) is 16.4 Å². The fourth-order valence-electron chi connectivity index (χ4n) is 3.01. The average Bonchev–Trinajstić information content (AvgIpc) is 3.25. The molecular weight excluding hydrogens is 390 g/mol. The summed E-state index contributed by atoms with van der Waals surface area (Å²) in [6.07, 6.45) is 0. The Morgan fingerprint density at radius 2 is 1.89 bits per heavy atom. The molecule has 144 valence electrons. The Morgan fingerprint density at radius 3 is 2.57 bits per heavy atom. The van der Waals surface area contributed by atoms with Crippen molar-refractivity contribution in [1.29, 1.82) is 0 Å². The molecule has 0 spiro atoms. The number of rotatable bonds is 5. The van der Waals surface area contributed by atoms with Gasteiger partial charge in [-0.1, -0.05) is 55.4 Å². The smallest absolute Gasteiger partial charge is 0.260 e. The lowest BCUT2D eigenvalue weighted by molar-refractivity contribution is 0.780. The number of fused-ring (bicyclic) bond motifs is 1. The molecule has 0 atom stereocenters. The minimum atomic E-state index is -0.0987. The van der Waals surface area contributed by atoms with Gasteiger partial charge in [0.15, 0.2) is 0 Å². The summed E-state index contributed by atoms with van der Waals surface area (Å²) in [5.74, 6) is 2.30. The van der Waals surface area contributed by atoms with Crippen LogP contribution in [0.3, 0.4) is 0 Å². The molecule has 0 aliphatic rings. The highest BCUT2D eigenvalue weighted by Gasteiger charge is 2.17. The van der Waals surface area contributed by atoms with Crippen molar-refractivity contribution in [2.45, 2.75) is 44.5 Å². The zero-order valence-corrected chi connectivity index (χ0v) is 17.8. The summed E-state index contributed by atoms with van der Waals surface area (Å²) in [5.41, 5.74) is 3.12. The Labute approximate surface area is 170 Å². The molecule has 0 aliphatic carbocycles. The highest BCUT2D eigenvalue weighted by molar-refractivity contribution is 7.98. The third-order valence-corrected chi connectivity index (χ3v) is 6.35. The third kappa shape index (κ3) is 3.62. The molecule has 6 nitrogen and oxygen atoms in total. The molecule has 0 saturated carbocycles. The summed E-state index contributed by atoms with van der Waals surface area (Å²) >= 11 is 3.01. The van der Waals surface area contributed by atoms with Crippen LogP contribution in [0.5, 0.6) is 0 Å². The van der Waals surface area contributed by atoms with E-state index in [-0.39, 0.29) is 5.56 Å². The fraction of sp³-hybridized carbons (Fsp3) is 0.300. The van der Waals surface area contributed by atoms with E-state index in [1.165, 1.54) is 17.3 Å². The molecule has 0 fully saturated rings. The van der Waals surface area contributed by atoms with E-state index in [1.807, 2.05) is 6.92 Å². The second-order valence-electron chi connectivity index (χ2n) is 7.04. The fourth-order valence-corrected chi connectivity index (χ4v) is 4.75. The summed E-state index contributed by atoms with van der Waals surface area (Å²) in [4.78, 5) is 26.8. The van der Waals surface area contributed by atoms with Gasteiger partial charge in [-0.25, -0.2) is 9.97 Å². The normalized spacial score (nSPS) is 11.6. The molecule has 8 heteroatoms. The number of aromatic amines is 2. The lowest BCUT2D eigenvalue weighted by atomic mass is 10.0. The van der Waals surface area contributed by atoms with Crippen LogP contribution in [0.1, 0.15) is 41.9 Å². The first-order valence-corrected chi connectivity index (χ1v) is 10.9. The quantitative estimate of drug-likeness (QED) is 0.461. The summed E-state index contributed by atoms with van der Waals surface area (Å²) in [5, 5.41) is 8.48. The number of aromatic nitrogens is 5. The maximum atomic E-state index is 12.8. The van der Waals surface area contributed by atoms with E-state index in [0.29, 0.717) is 28.0 Å². The molecule has 28 heavy (non-hydrogen) atoms. The zero-order valence-electron chi connectivity index (χ0n) is 16.2. The van der Waals surface area contributed by atoms with Gasteiger partial charge in [-0.15, -0.1) is 16.4 Å². The number of nitrogens with one attached hydrogen (secondary N) is 2. The summed E-state index contributed by atoms with van der Waals surface area (Å²) < 4.78 is 0. The van der Waals surface area contributed by atoms with Crippen molar-refractivity contribution >= 4 is 33.3 Å². The molecule has 0 saturated heterocycles. The van der Waals surface area contributed by atoms with Crippen molar-refractivity contribution in [3.63, 3.8) is 0 Å². The van der Waals surface area contributed by atoms with Gasteiger partial charge in [0.2, 0.25) is 5.16 Å². The first kappa shape index (κ1) is 18.9. The summed E-state index contributed by atoms with van der Waals surface area (Å²) in [6.45, 7) is 8.22. The molecule has 0 unspecified atom stereocenters. The third-order valence-electron chi connectivity index (χ3n) is 4.49. The zero-order chi connectivity index (χ0) is 19.8. The average molecular weight is 412 g/mol. The van der Waals surface area contributed by atoms with Crippen LogP contribution in [0.25, 0.3) is 21.3 Å². The Morgan fingerprint density at radius 1 is 1.14 bits per heavy atom. The van der Waals surface area contributed by atoms with E-state index in [0.717, 1.165) is 26.7 Å². The molecule has 0 amide bonds. The summed E-state index contributed by atoms with van der Waals surface area (Å²) in [6, 6.07) is 8.24. The number of thioether (sulfide) groups is 1. The number of hydrogen-bond acceptors (Lipinski definition) is 6. The number of thiophene rings is 1. The number of benzene rings is 1. The van der Waals surface area contributed by atoms with E-state index in [2.05, 4.69) is 65.2 Å². The van der Waals surface area contributed by atoms with Crippen LogP contribution in [-0.2, 0) is 5.75 Å². The maximum Gasteiger partial charge on any atom is 0.260 e. The van der Waals surface area contributed by atoms with Gasteiger partial charge in [0.05, 0.1) is 11.1 Å². The van der Waals surface area contributed by atoms with Gasteiger partial charge < -0.3 is 4.98 Å². The van der Waals surface area contributed by atoms with E-state index >= 15 is 0 Å². The Bertz CT molecular complexity index is 1190. The number of nitrogens with zero attached hydrogens (tertiary/aromatic N) is 3. The Kier molecular flexibility index (Phi) is 5.07. The molecule has 1 aromatic carbocycles. The van der Waals surface area contributed by atoms with Crippen LogP contribution in [0, 0.1) is 13.8 Å². The predicted octanol–water partition coefficient (Wildman–Crippen LogP) is 4.80. The van der Waals surface area contributed by atoms with Crippen LogP contribution in [-0.4, -0.2) is 25.1 Å². The van der Waals surface area contributed by atoms with Crippen LogP contribution in [0.2, 0.25) is 0 Å². The van der Waals surface area contributed by atoms with E-state index in [9.17, 15) is 4.79 Å². The molecule has 3 heterocycles. The van der Waals surface area contributed by atoms with Crippen LogP contribution >= 0.6 is 23.1 Å². The van der Waals surface area contributed by atoms with Crippen LogP contribution in [0.4, 0.5) is 0 Å². The number of aryl methyl sites for hydroxylation is 2. The lowest BCUT2D eigenvalue weighted by Crippen LogP contribution is -2.10. The molecule has 0 radical (unpaired) electrons. The van der Waals surface area contributed by atoms with Crippen molar-refractivity contribution in [1.82, 2.24) is 25.1 Å². The number of hydrogen-bond donors (Lipinski definition) is 2. The van der Waals surface area contributed by atoms with Gasteiger partial charge in [-0.3, -0.25) is 9.89 Å². The van der Waals surface area contributed by atoms with Crippen LogP contribution in [0.15, 0.2) is 34.2 Å². The molecule has 3 aromatic heterocycles. The minimum Gasteiger partial charge on any atom is -0.309 e. The van der Waals surface area contributed by atoms with Gasteiger partial charge in [-0.05, 0) is 19.4 Å². The topological polar surface area (TPSA) is 87.3 Å². The molecule has 0 bridgehead atoms. The van der Waals surface area contributed by atoms with Gasteiger partial charge >= 0.3 is 0 Å². The molecule has 4 aromatic rings. The van der Waals surface area contributed by atoms with Crippen molar-refractivity contribution in [3.8, 4) is 11.1 Å². The van der Waals surface area contributed by atoms with E-state index < -0.39 is 0 Å². The monoisotopic (exact) mass is 411 g/mol. The number of H-pyrrole nitrogens is 2. The standard InChI is InChI=1S/C20H21N5OS2/c1-10(2)17-23-20(25-24-17)27-9-14-21-18(26)16-15(12(4)28-19(16)22-14)13-7-5-11(3)6-8-13/h5-8,10H,9H2,1-4H3,(H,21,22,26)(H,23,24,25). The first-order chi connectivity index (χ1) is 13.4. The second-order valence-corrected chi connectivity index (χ2v) is 9.18. The summed E-state index contributed by atoms with van der Waals surface area (Å²) in [7, 11) is 0. The molecular formula is C20H21N5OS2. The Hall–Kier alpha value is -2.45. The van der Waals surface area contributed by atoms with Crippen LogP contribution < -0.4 is 5.56 Å². The lowest BCUT2D eigenvalue weighted by Gasteiger charge is -2.03. The predicted molar refractivity (Wildman–Crippen MR) is 115 cm³/mol. The largest absolute Gasteiger partial charge is 0.309 e. The van der Waals surface area contributed by atoms with Crippen molar-refractivity contribution < 1.29 is 0 Å². The molecule has 2 N–H and O–H groups in total. The van der Waals surface area contributed by atoms with Gasteiger partial charge in [0.1, 0.15) is 16.5 Å². The van der Waals surface area contributed by atoms with Gasteiger partial charge in [0.25, 0.3) is 5.56 Å². The first-order valence-electron chi connectivity index (χ1n) is 9.07. The second kappa shape index (κ2) is 7.52. The highest BCUT2D eigenvalue weighted by atomic mass is 32.2. The van der Waals surface area contributed by atoms with E-state index in [1.54, 1.807) is 11.3 Å². The minimum absolute atomic E-state index is 0.0987. The Balaban J connectivity index is 1.65. The van der Waals surface area contributed by atoms with Crippen molar-refractivity contribution in [2.24, 2.45) is 0 Å². The SMILES string of the molecule is Cc1ccc(-c2c(C)sc3nc(CSc4n[nH]c(C(C)C)n4)[nH]c(=O)c23)cc1. The maximum absolute atomic E-state index is 12.8.